The molecule has 1 rings (SSSR count). The van der Waals surface area contributed by atoms with E-state index in [1.54, 1.807) is 0 Å². The molecule has 0 radical (unpaired) electrons. The van der Waals surface area contributed by atoms with E-state index in [0.29, 0.717) is 0 Å². The summed E-state index contributed by atoms with van der Waals surface area (Å²) in [7, 11) is 1.16. The number of carbonyl (C=O) groups excluding carboxylic acids is 2. The van der Waals surface area contributed by atoms with Gasteiger partial charge in [-0.1, -0.05) is 12.1 Å². The van der Waals surface area contributed by atoms with Crippen LogP contribution in [0.25, 0.3) is 0 Å². The maximum Gasteiger partial charge on any atom is 0.419 e. The topological polar surface area (TPSA) is 64.6 Å². The molecule has 122 valence electrons. The molecule has 0 aromatic heterocycles. The Morgan fingerprint density at radius 2 is 1.77 bits per heavy atom. The van der Waals surface area contributed by atoms with Crippen molar-refractivity contribution in [3.05, 3.63) is 29.8 Å². The van der Waals surface area contributed by atoms with E-state index in [0.717, 1.165) is 19.2 Å². The van der Waals surface area contributed by atoms with Crippen LogP contribution in [0.3, 0.4) is 0 Å². The van der Waals surface area contributed by atoms with Crippen molar-refractivity contribution < 1.29 is 32.2 Å². The minimum atomic E-state index is -4.59. The van der Waals surface area contributed by atoms with E-state index in [1.807, 2.05) is 0 Å². The monoisotopic (exact) mass is 319 g/mol. The zero-order valence-electron chi connectivity index (χ0n) is 12.2. The van der Waals surface area contributed by atoms with Crippen molar-refractivity contribution in [2.45, 2.75) is 32.2 Å². The second-order valence-electron chi connectivity index (χ2n) is 4.51. The van der Waals surface area contributed by atoms with Crippen molar-refractivity contribution in [2.24, 2.45) is 0 Å². The summed E-state index contributed by atoms with van der Waals surface area (Å²) in [5, 5.41) is 2.29. The Labute approximate surface area is 125 Å². The van der Waals surface area contributed by atoms with Crippen LogP contribution >= 0.6 is 0 Å². The zero-order valence-corrected chi connectivity index (χ0v) is 12.2. The lowest BCUT2D eigenvalue weighted by Crippen LogP contribution is -2.45. The highest BCUT2D eigenvalue weighted by Gasteiger charge is 2.35. The Kier molecular flexibility index (Phi) is 5.78. The molecule has 1 amide bonds. The summed E-state index contributed by atoms with van der Waals surface area (Å²) in [5.74, 6) is -1.85. The number of hydrogen-bond donors (Lipinski definition) is 1. The SMILES string of the molecule is COC(=O)[C@H](C)NC(=O)[C@H](C)Oc1ccccc1C(F)(F)F. The maximum absolute atomic E-state index is 12.8. The third-order valence-corrected chi connectivity index (χ3v) is 2.78. The third-order valence-electron chi connectivity index (χ3n) is 2.78. The predicted octanol–water partition coefficient (Wildman–Crippen LogP) is 2.15. The van der Waals surface area contributed by atoms with Gasteiger partial charge in [0.05, 0.1) is 12.7 Å². The fraction of sp³-hybridized carbons (Fsp3) is 0.429. The molecular weight excluding hydrogens is 303 g/mol. The molecule has 0 unspecified atom stereocenters. The fourth-order valence-electron chi connectivity index (χ4n) is 1.61. The van der Waals surface area contributed by atoms with Crippen molar-refractivity contribution in [3.8, 4) is 5.75 Å². The molecule has 0 aliphatic rings. The lowest BCUT2D eigenvalue weighted by Gasteiger charge is -2.19. The molecule has 1 aromatic carbocycles. The quantitative estimate of drug-likeness (QED) is 0.845. The number of esters is 1. The molecule has 0 fully saturated rings. The number of hydrogen-bond acceptors (Lipinski definition) is 4. The normalized spacial score (nSPS) is 13.9. The van der Waals surface area contributed by atoms with Crippen molar-refractivity contribution >= 4 is 11.9 Å². The number of carbonyl (C=O) groups is 2. The Bertz CT molecular complexity index is 545. The number of amides is 1. The maximum atomic E-state index is 12.8. The number of methoxy groups -OCH3 is 1. The number of rotatable bonds is 5. The molecule has 0 aliphatic carbocycles. The van der Waals surface area contributed by atoms with Crippen LogP contribution in [0.2, 0.25) is 0 Å². The molecule has 0 saturated carbocycles. The highest BCUT2D eigenvalue weighted by atomic mass is 19.4. The standard InChI is InChI=1S/C14H16F3NO4/c1-8(13(20)21-3)18-12(19)9(2)22-11-7-5-4-6-10(11)14(15,16)17/h4-9H,1-3H3,(H,18,19)/t8-,9-/m0/s1. The Balaban J connectivity index is 2.79. The van der Waals surface area contributed by atoms with E-state index >= 15 is 0 Å². The molecule has 0 aliphatic heterocycles. The highest BCUT2D eigenvalue weighted by molar-refractivity contribution is 5.86. The molecule has 8 heteroatoms. The van der Waals surface area contributed by atoms with Crippen LogP contribution in [0.5, 0.6) is 5.75 Å². The number of para-hydroxylation sites is 1. The first-order valence-electron chi connectivity index (χ1n) is 6.38. The number of alkyl halides is 3. The Hall–Kier alpha value is -2.25. The first-order chi connectivity index (χ1) is 10.2. The van der Waals surface area contributed by atoms with E-state index < -0.39 is 41.5 Å². The fourth-order valence-corrected chi connectivity index (χ4v) is 1.61. The summed E-state index contributed by atoms with van der Waals surface area (Å²) in [4.78, 5) is 23.0. The first kappa shape index (κ1) is 17.8. The second-order valence-corrected chi connectivity index (χ2v) is 4.51. The largest absolute Gasteiger partial charge is 0.480 e. The van der Waals surface area contributed by atoms with Gasteiger partial charge in [-0.15, -0.1) is 0 Å². The number of benzene rings is 1. The lowest BCUT2D eigenvalue weighted by molar-refractivity contribution is -0.145. The van der Waals surface area contributed by atoms with Crippen molar-refractivity contribution in [3.63, 3.8) is 0 Å². The average Bonchev–Trinajstić information content (AvgIpc) is 2.45. The van der Waals surface area contributed by atoms with Gasteiger partial charge >= 0.3 is 12.1 Å². The molecule has 0 saturated heterocycles. The highest BCUT2D eigenvalue weighted by Crippen LogP contribution is 2.36. The van der Waals surface area contributed by atoms with Crippen LogP contribution in [0.1, 0.15) is 19.4 Å². The molecule has 1 N–H and O–H groups in total. The Morgan fingerprint density at radius 1 is 1.18 bits per heavy atom. The summed E-state index contributed by atoms with van der Waals surface area (Å²) in [5.41, 5.74) is -0.976. The van der Waals surface area contributed by atoms with Crippen LogP contribution in [0.15, 0.2) is 24.3 Å². The number of ether oxygens (including phenoxy) is 2. The summed E-state index contributed by atoms with van der Waals surface area (Å²) in [6.07, 6.45) is -5.80. The van der Waals surface area contributed by atoms with Crippen molar-refractivity contribution in [1.29, 1.82) is 0 Å². The first-order valence-corrected chi connectivity index (χ1v) is 6.38. The molecule has 1 aromatic rings. The van der Waals surface area contributed by atoms with Crippen LogP contribution in [0.4, 0.5) is 13.2 Å². The third kappa shape index (κ3) is 4.64. The van der Waals surface area contributed by atoms with Gasteiger partial charge in [-0.2, -0.15) is 13.2 Å². The van der Waals surface area contributed by atoms with Crippen molar-refractivity contribution in [2.75, 3.05) is 7.11 Å². The summed E-state index contributed by atoms with van der Waals surface area (Å²) in [6, 6.07) is 3.64. The number of halogens is 3. The van der Waals surface area contributed by atoms with Gasteiger partial charge in [0.15, 0.2) is 6.10 Å². The van der Waals surface area contributed by atoms with E-state index in [4.69, 9.17) is 4.74 Å². The van der Waals surface area contributed by atoms with Gasteiger partial charge < -0.3 is 14.8 Å². The van der Waals surface area contributed by atoms with E-state index in [1.165, 1.54) is 26.0 Å². The molecule has 5 nitrogen and oxygen atoms in total. The van der Waals surface area contributed by atoms with Crippen LogP contribution < -0.4 is 10.1 Å². The molecular formula is C14H16F3NO4. The van der Waals surface area contributed by atoms with E-state index in [-0.39, 0.29) is 0 Å². The molecule has 22 heavy (non-hydrogen) atoms. The predicted molar refractivity (Wildman–Crippen MR) is 71.2 cm³/mol. The number of nitrogens with one attached hydrogen (secondary N) is 1. The van der Waals surface area contributed by atoms with Gasteiger partial charge in [0.1, 0.15) is 11.8 Å². The minimum Gasteiger partial charge on any atom is -0.480 e. The van der Waals surface area contributed by atoms with Gasteiger partial charge in [0.2, 0.25) is 0 Å². The van der Waals surface area contributed by atoms with Crippen LogP contribution in [-0.4, -0.2) is 31.1 Å². The summed E-state index contributed by atoms with van der Waals surface area (Å²) >= 11 is 0. The van der Waals surface area contributed by atoms with Crippen molar-refractivity contribution in [1.82, 2.24) is 5.32 Å². The van der Waals surface area contributed by atoms with Crippen LogP contribution in [-0.2, 0) is 20.5 Å². The average molecular weight is 319 g/mol. The molecule has 0 heterocycles. The molecule has 0 bridgehead atoms. The summed E-state index contributed by atoms with van der Waals surface area (Å²) < 4.78 is 48.0. The zero-order chi connectivity index (χ0) is 16.9. The van der Waals surface area contributed by atoms with Crippen LogP contribution in [0, 0.1) is 0 Å². The minimum absolute atomic E-state index is 0.455. The summed E-state index contributed by atoms with van der Waals surface area (Å²) in [6.45, 7) is 2.67. The smallest absolute Gasteiger partial charge is 0.419 e. The van der Waals surface area contributed by atoms with Gasteiger partial charge in [-0.3, -0.25) is 4.79 Å². The lowest BCUT2D eigenvalue weighted by atomic mass is 10.2. The van der Waals surface area contributed by atoms with Gasteiger partial charge in [0, 0.05) is 0 Å². The molecule has 0 spiro atoms. The Morgan fingerprint density at radius 3 is 2.32 bits per heavy atom. The van der Waals surface area contributed by atoms with Gasteiger partial charge in [0.25, 0.3) is 5.91 Å². The second kappa shape index (κ2) is 7.15. The van der Waals surface area contributed by atoms with E-state index in [9.17, 15) is 22.8 Å². The van der Waals surface area contributed by atoms with Gasteiger partial charge in [-0.25, -0.2) is 4.79 Å². The molecule has 2 atom stereocenters. The van der Waals surface area contributed by atoms with E-state index in [2.05, 4.69) is 10.1 Å². The van der Waals surface area contributed by atoms with Gasteiger partial charge in [-0.05, 0) is 26.0 Å².